The van der Waals surface area contributed by atoms with Gasteiger partial charge < -0.3 is 5.73 Å². The number of likely N-dealkylation sites (tertiary alicyclic amines) is 1. The van der Waals surface area contributed by atoms with Gasteiger partial charge in [0, 0.05) is 31.1 Å². The second kappa shape index (κ2) is 6.89. The van der Waals surface area contributed by atoms with E-state index < -0.39 is 0 Å². The number of rotatable bonds is 5. The quantitative estimate of drug-likeness (QED) is 0.750. The summed E-state index contributed by atoms with van der Waals surface area (Å²) in [7, 11) is 0. The van der Waals surface area contributed by atoms with Crippen molar-refractivity contribution in [3.05, 3.63) is 65.2 Å². The maximum atomic E-state index is 6.06. The Morgan fingerprint density at radius 1 is 1.17 bits per heavy atom. The molecule has 1 saturated heterocycles. The van der Waals surface area contributed by atoms with Crippen LogP contribution in [0.4, 0.5) is 0 Å². The molecule has 5 heteroatoms. The molecular weight excluding hydrogens is 316 g/mol. The molecule has 0 bridgehead atoms. The maximum Gasteiger partial charge on any atom is 0.0794 e. The number of H-pyrrole nitrogens is 1. The first kappa shape index (κ1) is 15.6. The number of aromatic nitrogens is 2. The fourth-order valence-electron chi connectivity index (χ4n) is 3.71. The lowest BCUT2D eigenvalue weighted by Gasteiger charge is -2.16. The number of nitrogens with zero attached hydrogens (tertiary/aromatic N) is 2. The van der Waals surface area contributed by atoms with Crippen molar-refractivity contribution in [2.24, 2.45) is 11.7 Å². The molecule has 2 aromatic heterocycles. The van der Waals surface area contributed by atoms with Crippen molar-refractivity contribution in [2.75, 3.05) is 19.6 Å². The van der Waals surface area contributed by atoms with Crippen LogP contribution in [0.15, 0.2) is 54.0 Å². The lowest BCUT2D eigenvalue weighted by molar-refractivity contribution is 0.317. The predicted molar refractivity (Wildman–Crippen MR) is 98.9 cm³/mol. The van der Waals surface area contributed by atoms with Crippen LogP contribution in [0.5, 0.6) is 0 Å². The molecule has 0 amide bonds. The maximum absolute atomic E-state index is 6.06. The van der Waals surface area contributed by atoms with Crippen molar-refractivity contribution < 1.29 is 0 Å². The Kier molecular flexibility index (Phi) is 4.47. The van der Waals surface area contributed by atoms with Crippen molar-refractivity contribution in [1.29, 1.82) is 0 Å². The van der Waals surface area contributed by atoms with Crippen molar-refractivity contribution in [3.63, 3.8) is 0 Å². The highest BCUT2D eigenvalue weighted by Crippen LogP contribution is 2.34. The molecule has 0 unspecified atom stereocenters. The van der Waals surface area contributed by atoms with Gasteiger partial charge in [-0.1, -0.05) is 36.4 Å². The van der Waals surface area contributed by atoms with Crippen LogP contribution in [-0.4, -0.2) is 34.7 Å². The molecule has 4 nitrogen and oxygen atoms in total. The summed E-state index contributed by atoms with van der Waals surface area (Å²) >= 11 is 1.75. The predicted octanol–water partition coefficient (Wildman–Crippen LogP) is 3.31. The lowest BCUT2D eigenvalue weighted by Crippen LogP contribution is -2.23. The van der Waals surface area contributed by atoms with Crippen LogP contribution in [0, 0.1) is 5.92 Å². The average molecular weight is 338 g/mol. The van der Waals surface area contributed by atoms with Gasteiger partial charge in [-0.2, -0.15) is 5.10 Å². The summed E-state index contributed by atoms with van der Waals surface area (Å²) in [5.74, 6) is 1.04. The Labute approximate surface area is 146 Å². The molecule has 4 rings (SSSR count). The summed E-state index contributed by atoms with van der Waals surface area (Å²) in [6.07, 6.45) is 1.96. The van der Waals surface area contributed by atoms with Gasteiger partial charge >= 0.3 is 0 Å². The van der Waals surface area contributed by atoms with Gasteiger partial charge in [0.2, 0.25) is 0 Å². The number of aromatic amines is 1. The van der Waals surface area contributed by atoms with Gasteiger partial charge in [-0.15, -0.1) is 11.3 Å². The van der Waals surface area contributed by atoms with E-state index in [0.717, 1.165) is 31.9 Å². The van der Waals surface area contributed by atoms with E-state index >= 15 is 0 Å². The first-order valence-corrected chi connectivity index (χ1v) is 9.26. The Morgan fingerprint density at radius 2 is 2.04 bits per heavy atom. The Morgan fingerprint density at radius 3 is 2.79 bits per heavy atom. The molecule has 0 radical (unpaired) electrons. The third-order valence-corrected chi connectivity index (χ3v) is 5.81. The average Bonchev–Trinajstić information content (AvgIpc) is 3.36. The number of nitrogens with one attached hydrogen (secondary N) is 1. The molecule has 0 aliphatic carbocycles. The molecule has 2 atom stereocenters. The largest absolute Gasteiger partial charge is 0.330 e. The zero-order valence-corrected chi connectivity index (χ0v) is 14.4. The van der Waals surface area contributed by atoms with Gasteiger partial charge in [-0.05, 0) is 29.5 Å². The van der Waals surface area contributed by atoms with Crippen molar-refractivity contribution >= 4 is 11.3 Å². The lowest BCUT2D eigenvalue weighted by atomic mass is 9.89. The molecular formula is C19H22N4S. The third kappa shape index (κ3) is 3.02. The standard InChI is InChI=1S/C19H22N4S/c20-9-15-11-23(13-17(15)14-5-2-1-3-6-14)12-16-10-21-22-19(16)18-7-4-8-24-18/h1-8,10,15,17H,9,11-13,20H2,(H,21,22)/t15-,17+/m1/s1. The molecule has 24 heavy (non-hydrogen) atoms. The Bertz CT molecular complexity index is 766. The van der Waals surface area contributed by atoms with Crippen molar-refractivity contribution in [1.82, 2.24) is 15.1 Å². The Hall–Kier alpha value is -1.95. The zero-order valence-electron chi connectivity index (χ0n) is 13.6. The minimum absolute atomic E-state index is 0.518. The van der Waals surface area contributed by atoms with E-state index in [9.17, 15) is 0 Å². The van der Waals surface area contributed by atoms with Gasteiger partial charge in [0.1, 0.15) is 0 Å². The monoisotopic (exact) mass is 338 g/mol. The summed E-state index contributed by atoms with van der Waals surface area (Å²) in [6, 6.07) is 15.0. The van der Waals surface area contributed by atoms with E-state index in [2.05, 4.69) is 62.9 Å². The van der Waals surface area contributed by atoms with Crippen LogP contribution >= 0.6 is 11.3 Å². The topological polar surface area (TPSA) is 57.9 Å². The van der Waals surface area contributed by atoms with Crippen LogP contribution in [0.1, 0.15) is 17.0 Å². The molecule has 1 aliphatic rings. The number of thiophene rings is 1. The number of benzene rings is 1. The molecule has 124 valence electrons. The molecule has 3 aromatic rings. The zero-order chi connectivity index (χ0) is 16.4. The van der Waals surface area contributed by atoms with Crippen LogP contribution < -0.4 is 5.73 Å². The first-order valence-electron chi connectivity index (χ1n) is 8.38. The number of nitrogens with two attached hydrogens (primary N) is 1. The van der Waals surface area contributed by atoms with E-state index in [1.165, 1.54) is 16.0 Å². The summed E-state index contributed by atoms with van der Waals surface area (Å²) < 4.78 is 0. The molecule has 1 aromatic carbocycles. The minimum atomic E-state index is 0.518. The summed E-state index contributed by atoms with van der Waals surface area (Å²) in [5.41, 5.74) is 9.88. The smallest absolute Gasteiger partial charge is 0.0794 e. The van der Waals surface area contributed by atoms with Crippen molar-refractivity contribution in [3.8, 4) is 10.6 Å². The highest BCUT2D eigenvalue weighted by atomic mass is 32.1. The number of hydrogen-bond donors (Lipinski definition) is 2. The summed E-state index contributed by atoms with van der Waals surface area (Å²) in [4.78, 5) is 3.76. The van der Waals surface area contributed by atoms with Gasteiger partial charge in [0.05, 0.1) is 16.8 Å². The van der Waals surface area contributed by atoms with Gasteiger partial charge in [-0.3, -0.25) is 10.00 Å². The third-order valence-electron chi connectivity index (χ3n) is 4.93. The normalized spacial score (nSPS) is 21.4. The second-order valence-electron chi connectivity index (χ2n) is 6.45. The van der Waals surface area contributed by atoms with Crippen LogP contribution in [-0.2, 0) is 6.54 Å². The molecule has 0 saturated carbocycles. The van der Waals surface area contributed by atoms with Gasteiger partial charge in [-0.25, -0.2) is 0 Å². The fourth-order valence-corrected chi connectivity index (χ4v) is 4.47. The summed E-state index contributed by atoms with van der Waals surface area (Å²) in [5, 5.41) is 9.53. The van der Waals surface area contributed by atoms with E-state index in [-0.39, 0.29) is 0 Å². The van der Waals surface area contributed by atoms with E-state index in [4.69, 9.17) is 5.73 Å². The highest BCUT2D eigenvalue weighted by molar-refractivity contribution is 7.13. The SMILES string of the molecule is NC[C@@H]1CN(Cc2cn[nH]c2-c2cccs2)C[C@H]1c1ccccc1. The Balaban J connectivity index is 1.52. The fraction of sp³-hybridized carbons (Fsp3) is 0.316. The minimum Gasteiger partial charge on any atom is -0.330 e. The molecule has 1 fully saturated rings. The van der Waals surface area contributed by atoms with E-state index in [1.807, 2.05) is 6.20 Å². The van der Waals surface area contributed by atoms with Crippen LogP contribution in [0.3, 0.4) is 0 Å². The van der Waals surface area contributed by atoms with Gasteiger partial charge in [0.25, 0.3) is 0 Å². The molecule has 0 spiro atoms. The van der Waals surface area contributed by atoms with E-state index in [0.29, 0.717) is 11.8 Å². The molecule has 3 heterocycles. The van der Waals surface area contributed by atoms with Gasteiger partial charge in [0.15, 0.2) is 0 Å². The van der Waals surface area contributed by atoms with Crippen LogP contribution in [0.25, 0.3) is 10.6 Å². The van der Waals surface area contributed by atoms with Crippen molar-refractivity contribution in [2.45, 2.75) is 12.5 Å². The number of hydrogen-bond acceptors (Lipinski definition) is 4. The van der Waals surface area contributed by atoms with Crippen LogP contribution in [0.2, 0.25) is 0 Å². The first-order chi connectivity index (χ1) is 11.8. The highest BCUT2D eigenvalue weighted by Gasteiger charge is 2.33. The van der Waals surface area contributed by atoms with E-state index in [1.54, 1.807) is 11.3 Å². The second-order valence-corrected chi connectivity index (χ2v) is 7.40. The molecule has 3 N–H and O–H groups in total. The summed E-state index contributed by atoms with van der Waals surface area (Å²) in [6.45, 7) is 3.76. The molecule has 1 aliphatic heterocycles.